The number of thioether (sulfide) groups is 1. The van der Waals surface area contributed by atoms with Gasteiger partial charge in [0.1, 0.15) is 11.4 Å². The first-order valence-corrected chi connectivity index (χ1v) is 10.6. The number of β-lactam (4-membered cyclic amide) rings is 1. The van der Waals surface area contributed by atoms with Crippen molar-refractivity contribution in [3.8, 4) is 0 Å². The molecule has 150 valence electrons. The predicted octanol–water partition coefficient (Wildman–Crippen LogP) is 0.317. The minimum atomic E-state index is -1.11. The Morgan fingerprint density at radius 3 is 2.64 bits per heavy atom. The third-order valence-corrected chi connectivity index (χ3v) is 7.82. The van der Waals surface area contributed by atoms with E-state index in [1.165, 1.54) is 28.0 Å². The van der Waals surface area contributed by atoms with Gasteiger partial charge in [0.25, 0.3) is 5.91 Å². The molecule has 4 atom stereocenters. The van der Waals surface area contributed by atoms with E-state index in [4.69, 9.17) is 5.73 Å². The van der Waals surface area contributed by atoms with E-state index in [0.29, 0.717) is 23.1 Å². The molecular formula is C17H20N4O5S2. The van der Waals surface area contributed by atoms with Gasteiger partial charge in [-0.05, 0) is 6.92 Å². The number of aliphatic carboxylic acids is 1. The maximum atomic E-state index is 12.4. The Morgan fingerprint density at radius 2 is 2.11 bits per heavy atom. The Hall–Kier alpha value is -2.11. The molecule has 3 aliphatic heterocycles. The van der Waals surface area contributed by atoms with E-state index >= 15 is 0 Å². The number of hydrogen-bond acceptors (Lipinski definition) is 8. The van der Waals surface area contributed by atoms with Gasteiger partial charge in [0, 0.05) is 34.5 Å². The minimum absolute atomic E-state index is 0.0492. The van der Waals surface area contributed by atoms with Crippen molar-refractivity contribution in [3.63, 3.8) is 0 Å². The first-order valence-electron chi connectivity index (χ1n) is 8.86. The number of anilines is 1. The van der Waals surface area contributed by atoms with Crippen LogP contribution in [-0.4, -0.2) is 68.4 Å². The fraction of sp³-hybridized carbons (Fsp3) is 0.529. The third-order valence-electron chi connectivity index (χ3n) is 5.47. The number of fused-ring (bicyclic) bond motifs is 1. The number of aliphatic hydroxyl groups is 1. The average molecular weight is 425 g/mol. The van der Waals surface area contributed by atoms with Crippen molar-refractivity contribution in [2.75, 3.05) is 18.0 Å². The summed E-state index contributed by atoms with van der Waals surface area (Å²) >= 11 is 2.83. The van der Waals surface area contributed by atoms with Crippen molar-refractivity contribution in [2.45, 2.75) is 31.2 Å². The maximum absolute atomic E-state index is 12.4. The van der Waals surface area contributed by atoms with Crippen LogP contribution in [0.5, 0.6) is 0 Å². The topological polar surface area (TPSA) is 137 Å². The van der Waals surface area contributed by atoms with E-state index in [9.17, 15) is 24.6 Å². The highest BCUT2D eigenvalue weighted by Gasteiger charge is 2.60. The number of nitrogens with zero attached hydrogens (tertiary/aromatic N) is 3. The van der Waals surface area contributed by atoms with Crippen molar-refractivity contribution in [1.29, 1.82) is 0 Å². The molecule has 28 heavy (non-hydrogen) atoms. The minimum Gasteiger partial charge on any atom is -0.477 e. The number of hydrogen-bond donors (Lipinski definition) is 3. The number of nitrogens with two attached hydrogens (primary N) is 1. The molecule has 0 spiro atoms. The van der Waals surface area contributed by atoms with Crippen LogP contribution >= 0.6 is 23.1 Å². The van der Waals surface area contributed by atoms with Crippen LogP contribution in [0.25, 0.3) is 0 Å². The van der Waals surface area contributed by atoms with E-state index in [1.807, 2.05) is 11.8 Å². The SMILES string of the molecule is CC(O)C1C(=O)N2C(C(=O)O)=C(SC3CN(c4nc(C(N)=O)cs4)C3)[C@H](C)C12. The molecular weight excluding hydrogens is 404 g/mol. The summed E-state index contributed by atoms with van der Waals surface area (Å²) in [7, 11) is 0. The Bertz CT molecular complexity index is 892. The van der Waals surface area contributed by atoms with E-state index in [0.717, 1.165) is 0 Å². The van der Waals surface area contributed by atoms with Crippen molar-refractivity contribution in [1.82, 2.24) is 9.88 Å². The van der Waals surface area contributed by atoms with Crippen molar-refractivity contribution >= 4 is 46.0 Å². The second-order valence-electron chi connectivity index (χ2n) is 7.30. The van der Waals surface area contributed by atoms with Gasteiger partial charge in [-0.2, -0.15) is 0 Å². The Labute approximate surface area is 169 Å². The number of carboxylic acid groups (broad SMARTS) is 1. The van der Waals surface area contributed by atoms with Gasteiger partial charge < -0.3 is 25.7 Å². The highest BCUT2D eigenvalue weighted by atomic mass is 32.2. The van der Waals surface area contributed by atoms with Gasteiger partial charge in [-0.1, -0.05) is 6.92 Å². The van der Waals surface area contributed by atoms with Crippen molar-refractivity contribution in [2.24, 2.45) is 17.6 Å². The monoisotopic (exact) mass is 424 g/mol. The van der Waals surface area contributed by atoms with Gasteiger partial charge >= 0.3 is 5.97 Å². The van der Waals surface area contributed by atoms with Crippen LogP contribution < -0.4 is 10.6 Å². The van der Waals surface area contributed by atoms with Gasteiger partial charge in [-0.25, -0.2) is 9.78 Å². The normalized spacial score (nSPS) is 28.1. The molecule has 0 radical (unpaired) electrons. The molecule has 2 fully saturated rings. The van der Waals surface area contributed by atoms with Crippen molar-refractivity contribution < 1.29 is 24.6 Å². The Morgan fingerprint density at radius 1 is 1.43 bits per heavy atom. The van der Waals surface area contributed by atoms with E-state index in [-0.39, 0.29) is 34.5 Å². The molecule has 2 amide bonds. The molecule has 1 aromatic rings. The second-order valence-corrected chi connectivity index (χ2v) is 9.48. The maximum Gasteiger partial charge on any atom is 0.353 e. The number of rotatable bonds is 6. The summed E-state index contributed by atoms with van der Waals surface area (Å²) in [4.78, 5) is 43.6. The Kier molecular flexibility index (Phi) is 4.63. The van der Waals surface area contributed by atoms with E-state index in [1.54, 1.807) is 12.3 Å². The molecule has 1 aromatic heterocycles. The molecule has 0 bridgehead atoms. The number of carboxylic acids is 1. The summed E-state index contributed by atoms with van der Waals surface area (Å²) in [5.41, 5.74) is 5.52. The summed E-state index contributed by atoms with van der Waals surface area (Å²) in [6.07, 6.45) is -0.806. The predicted molar refractivity (Wildman–Crippen MR) is 104 cm³/mol. The van der Waals surface area contributed by atoms with Gasteiger partial charge in [0.15, 0.2) is 5.13 Å². The van der Waals surface area contributed by atoms with Crippen LogP contribution in [0.1, 0.15) is 24.3 Å². The third kappa shape index (κ3) is 2.80. The van der Waals surface area contributed by atoms with Gasteiger partial charge in [-0.15, -0.1) is 23.1 Å². The lowest BCUT2D eigenvalue weighted by Gasteiger charge is -2.46. The largest absolute Gasteiger partial charge is 0.477 e. The summed E-state index contributed by atoms with van der Waals surface area (Å²) in [6.45, 7) is 4.81. The number of thiazole rings is 1. The lowest BCUT2D eigenvalue weighted by Crippen LogP contribution is -2.63. The molecule has 0 aromatic carbocycles. The zero-order chi connectivity index (χ0) is 20.3. The summed E-state index contributed by atoms with van der Waals surface area (Å²) in [5, 5.41) is 22.1. The first-order chi connectivity index (χ1) is 13.2. The van der Waals surface area contributed by atoms with E-state index in [2.05, 4.69) is 4.98 Å². The lowest BCUT2D eigenvalue weighted by molar-refractivity contribution is -0.163. The number of primary amides is 1. The van der Waals surface area contributed by atoms with Crippen LogP contribution in [0.15, 0.2) is 16.0 Å². The van der Waals surface area contributed by atoms with E-state index < -0.39 is 23.9 Å². The zero-order valence-corrected chi connectivity index (χ0v) is 16.9. The Balaban J connectivity index is 1.47. The summed E-state index contributed by atoms with van der Waals surface area (Å²) in [5.74, 6) is -2.69. The lowest BCUT2D eigenvalue weighted by atomic mass is 9.79. The van der Waals surface area contributed by atoms with Crippen molar-refractivity contribution in [3.05, 3.63) is 21.7 Å². The fourth-order valence-corrected chi connectivity index (χ4v) is 6.40. The fourth-order valence-electron chi connectivity index (χ4n) is 4.05. The molecule has 2 saturated heterocycles. The molecule has 3 aliphatic rings. The summed E-state index contributed by atoms with van der Waals surface area (Å²) < 4.78 is 0. The number of aliphatic hydroxyl groups excluding tert-OH is 1. The number of amides is 2. The molecule has 9 nitrogen and oxygen atoms in total. The van der Waals surface area contributed by atoms with Gasteiger partial charge in [-0.3, -0.25) is 9.59 Å². The summed E-state index contributed by atoms with van der Waals surface area (Å²) in [6, 6.07) is -0.297. The number of carbonyl (C=O) groups excluding carboxylic acids is 2. The quantitative estimate of drug-likeness (QED) is 0.555. The highest BCUT2D eigenvalue weighted by molar-refractivity contribution is 8.03. The zero-order valence-electron chi connectivity index (χ0n) is 15.2. The van der Waals surface area contributed by atoms with Crippen LogP contribution in [0.3, 0.4) is 0 Å². The van der Waals surface area contributed by atoms with Crippen LogP contribution in [-0.2, 0) is 9.59 Å². The standard InChI is InChI=1S/C17H20N4O5S2/c1-6-11-10(7(2)22)15(24)21(11)12(16(25)26)13(6)28-8-3-20(4-8)17-19-9(5-27-17)14(18)23/h5-8,10-11,22H,3-4H2,1-2H3,(H2,18,23)(H,25,26)/t6-,7?,10?,11?/m1/s1. The van der Waals surface area contributed by atoms with Crippen LogP contribution in [0, 0.1) is 11.8 Å². The molecule has 0 aliphatic carbocycles. The number of carbonyl (C=O) groups is 3. The smallest absolute Gasteiger partial charge is 0.353 e. The first kappa shape index (κ1) is 19.2. The average Bonchev–Trinajstić information content (AvgIpc) is 3.13. The molecule has 11 heteroatoms. The molecule has 0 saturated carbocycles. The van der Waals surface area contributed by atoms with Crippen LogP contribution in [0.2, 0.25) is 0 Å². The highest BCUT2D eigenvalue weighted by Crippen LogP contribution is 2.52. The second kappa shape index (κ2) is 6.75. The van der Waals surface area contributed by atoms with Crippen LogP contribution in [0.4, 0.5) is 5.13 Å². The molecule has 3 unspecified atom stereocenters. The number of aromatic nitrogens is 1. The van der Waals surface area contributed by atoms with Gasteiger partial charge in [0.05, 0.1) is 18.1 Å². The molecule has 4 rings (SSSR count). The molecule has 4 N–H and O–H groups in total. The van der Waals surface area contributed by atoms with Gasteiger partial charge in [0.2, 0.25) is 5.91 Å². The molecule has 4 heterocycles.